The van der Waals surface area contributed by atoms with Gasteiger partial charge in [-0.3, -0.25) is 14.5 Å². The van der Waals surface area contributed by atoms with Gasteiger partial charge >= 0.3 is 0 Å². The SMILES string of the molecule is Cc1cc(C)cc(S(=O)(=O)c2c(C(=O)NC3CCN(Cc4ccc(C(N)=O)cc4)CC3)[nH]c3ccc(Cl)cc23)c1. The number of nitrogens with one attached hydrogen (secondary N) is 2. The number of fused-ring (bicyclic) bond motifs is 1. The minimum absolute atomic E-state index is 0.00777. The van der Waals surface area contributed by atoms with Crippen molar-refractivity contribution in [1.82, 2.24) is 15.2 Å². The predicted octanol–water partition coefficient (Wildman–Crippen LogP) is 4.76. The van der Waals surface area contributed by atoms with E-state index in [0.29, 0.717) is 21.5 Å². The van der Waals surface area contributed by atoms with Gasteiger partial charge in [0.1, 0.15) is 10.6 Å². The molecule has 3 aromatic carbocycles. The lowest BCUT2D eigenvalue weighted by atomic mass is 10.0. The van der Waals surface area contributed by atoms with Crippen LogP contribution in [0.5, 0.6) is 0 Å². The predicted molar refractivity (Wildman–Crippen MR) is 155 cm³/mol. The molecule has 8 nitrogen and oxygen atoms in total. The zero-order valence-electron chi connectivity index (χ0n) is 22.3. The number of benzene rings is 3. The maximum Gasteiger partial charge on any atom is 0.269 e. The molecule has 0 bridgehead atoms. The van der Waals surface area contributed by atoms with Crippen molar-refractivity contribution in [2.75, 3.05) is 13.1 Å². The molecule has 2 amide bonds. The van der Waals surface area contributed by atoms with E-state index < -0.39 is 21.7 Å². The monoisotopic (exact) mass is 578 g/mol. The van der Waals surface area contributed by atoms with Crippen LogP contribution in [0.1, 0.15) is 50.4 Å². The summed E-state index contributed by atoms with van der Waals surface area (Å²) in [6.45, 7) is 5.93. The number of piperidine rings is 1. The van der Waals surface area contributed by atoms with E-state index in [4.69, 9.17) is 17.3 Å². The number of primary amides is 1. The quantitative estimate of drug-likeness (QED) is 0.291. The first-order chi connectivity index (χ1) is 19.0. The second kappa shape index (κ2) is 11.1. The van der Waals surface area contributed by atoms with E-state index in [9.17, 15) is 18.0 Å². The first-order valence-corrected chi connectivity index (χ1v) is 14.9. The lowest BCUT2D eigenvalue weighted by Gasteiger charge is -2.32. The summed E-state index contributed by atoms with van der Waals surface area (Å²) in [7, 11) is -4.04. The molecule has 5 rings (SSSR count). The minimum Gasteiger partial charge on any atom is -0.366 e. The van der Waals surface area contributed by atoms with Crippen molar-refractivity contribution in [2.24, 2.45) is 5.73 Å². The molecule has 1 aliphatic rings. The molecule has 0 unspecified atom stereocenters. The first-order valence-electron chi connectivity index (χ1n) is 13.1. The van der Waals surface area contributed by atoms with E-state index in [-0.39, 0.29) is 21.5 Å². The number of carbonyl (C=O) groups is 2. The number of hydrogen-bond donors (Lipinski definition) is 3. The second-order valence-corrected chi connectivity index (χ2v) is 12.8. The third-order valence-corrected chi connectivity index (χ3v) is 9.33. The Kier molecular flexibility index (Phi) is 7.72. The Morgan fingerprint density at radius 3 is 2.27 bits per heavy atom. The normalized spacial score (nSPS) is 14.9. The number of H-pyrrole nitrogens is 1. The van der Waals surface area contributed by atoms with Crippen molar-refractivity contribution >= 4 is 44.2 Å². The van der Waals surface area contributed by atoms with E-state index in [0.717, 1.165) is 49.2 Å². The fourth-order valence-corrected chi connectivity index (χ4v) is 7.27. The number of halogens is 1. The highest BCUT2D eigenvalue weighted by Gasteiger charge is 2.31. The number of aromatic amines is 1. The minimum atomic E-state index is -4.04. The summed E-state index contributed by atoms with van der Waals surface area (Å²) in [6.07, 6.45) is 1.44. The number of nitrogens with zero attached hydrogens (tertiary/aromatic N) is 1. The van der Waals surface area contributed by atoms with E-state index in [1.54, 1.807) is 42.5 Å². The summed E-state index contributed by atoms with van der Waals surface area (Å²) in [4.78, 5) is 30.3. The molecule has 40 heavy (non-hydrogen) atoms. The van der Waals surface area contributed by atoms with Gasteiger partial charge in [-0.15, -0.1) is 0 Å². The molecule has 10 heteroatoms. The Bertz CT molecular complexity index is 1690. The Morgan fingerprint density at radius 1 is 1.00 bits per heavy atom. The van der Waals surface area contributed by atoms with E-state index in [2.05, 4.69) is 15.2 Å². The Labute approximate surface area is 238 Å². The lowest BCUT2D eigenvalue weighted by molar-refractivity contribution is 0.0900. The van der Waals surface area contributed by atoms with E-state index in [1.807, 2.05) is 32.0 Å². The molecule has 1 aliphatic heterocycles. The van der Waals surface area contributed by atoms with Gasteiger partial charge < -0.3 is 16.0 Å². The van der Waals surface area contributed by atoms with Crippen molar-refractivity contribution < 1.29 is 18.0 Å². The highest BCUT2D eigenvalue weighted by molar-refractivity contribution is 7.91. The molecule has 4 N–H and O–H groups in total. The summed E-state index contributed by atoms with van der Waals surface area (Å²) in [6, 6.07) is 17.2. The van der Waals surface area contributed by atoms with Crippen LogP contribution in [0.4, 0.5) is 0 Å². The number of carbonyl (C=O) groups excluding carboxylic acids is 2. The number of rotatable bonds is 7. The number of hydrogen-bond acceptors (Lipinski definition) is 5. The maximum absolute atomic E-state index is 13.9. The molecular formula is C30H31ClN4O4S. The van der Waals surface area contributed by atoms with Gasteiger partial charge in [0.25, 0.3) is 5.91 Å². The summed E-state index contributed by atoms with van der Waals surface area (Å²) >= 11 is 6.24. The third-order valence-electron chi connectivity index (χ3n) is 7.28. The van der Waals surface area contributed by atoms with Crippen molar-refractivity contribution in [3.63, 3.8) is 0 Å². The van der Waals surface area contributed by atoms with Gasteiger partial charge in [0.15, 0.2) is 0 Å². The van der Waals surface area contributed by atoms with Crippen LogP contribution in [0.2, 0.25) is 5.02 Å². The molecule has 2 heterocycles. The van der Waals surface area contributed by atoms with Gasteiger partial charge in [-0.25, -0.2) is 8.42 Å². The van der Waals surface area contributed by atoms with Crippen molar-refractivity contribution in [3.05, 3.63) is 93.6 Å². The molecule has 0 atom stereocenters. The largest absolute Gasteiger partial charge is 0.366 e. The lowest BCUT2D eigenvalue weighted by Crippen LogP contribution is -2.44. The molecule has 1 fully saturated rings. The Hall–Kier alpha value is -3.66. The second-order valence-electron chi connectivity index (χ2n) is 10.4. The summed E-state index contributed by atoms with van der Waals surface area (Å²) in [5.41, 5.74) is 9.04. The van der Waals surface area contributed by atoms with Crippen LogP contribution < -0.4 is 11.1 Å². The average molecular weight is 579 g/mol. The number of nitrogens with two attached hydrogens (primary N) is 1. The number of likely N-dealkylation sites (tertiary alicyclic amines) is 1. The van der Waals surface area contributed by atoms with Gasteiger partial charge in [-0.05, 0) is 85.8 Å². The molecule has 0 radical (unpaired) electrons. The van der Waals surface area contributed by atoms with Gasteiger partial charge in [0.2, 0.25) is 15.7 Å². The van der Waals surface area contributed by atoms with Crippen LogP contribution in [-0.4, -0.2) is 49.2 Å². The summed E-state index contributed by atoms with van der Waals surface area (Å²) in [5.74, 6) is -0.915. The van der Waals surface area contributed by atoms with Crippen LogP contribution in [0.15, 0.2) is 70.5 Å². The third kappa shape index (κ3) is 5.77. The Morgan fingerprint density at radius 2 is 1.65 bits per heavy atom. The number of aryl methyl sites for hydroxylation is 2. The molecule has 1 saturated heterocycles. The van der Waals surface area contributed by atoms with E-state index in [1.165, 1.54) is 0 Å². The van der Waals surface area contributed by atoms with E-state index >= 15 is 0 Å². The van der Waals surface area contributed by atoms with Crippen LogP contribution in [0.25, 0.3) is 10.9 Å². The van der Waals surface area contributed by atoms with Crippen molar-refractivity contribution in [2.45, 2.75) is 49.1 Å². The van der Waals surface area contributed by atoms with Crippen molar-refractivity contribution in [3.8, 4) is 0 Å². The van der Waals surface area contributed by atoms with Crippen LogP contribution >= 0.6 is 11.6 Å². The number of sulfone groups is 1. The fraction of sp³-hybridized carbons (Fsp3) is 0.267. The standard InChI is InChI=1S/C30H31ClN4O4S/c1-18-13-19(2)15-24(14-18)40(38,39)28-25-16-22(31)7-8-26(25)34-27(28)30(37)33-23-9-11-35(12-10-23)17-20-3-5-21(6-4-20)29(32)36/h3-8,13-16,23,34H,9-12,17H2,1-2H3,(H2,32,36)(H,33,37). The first kappa shape index (κ1) is 27.9. The molecule has 4 aromatic rings. The molecule has 0 aliphatic carbocycles. The Balaban J connectivity index is 1.35. The van der Waals surface area contributed by atoms with Crippen LogP contribution in [0, 0.1) is 13.8 Å². The molecule has 0 saturated carbocycles. The zero-order valence-corrected chi connectivity index (χ0v) is 23.9. The summed E-state index contributed by atoms with van der Waals surface area (Å²) in [5, 5.41) is 3.82. The highest BCUT2D eigenvalue weighted by atomic mass is 35.5. The fourth-order valence-electron chi connectivity index (χ4n) is 5.31. The molecule has 208 valence electrons. The number of aromatic nitrogens is 1. The average Bonchev–Trinajstić information content (AvgIpc) is 3.29. The topological polar surface area (TPSA) is 125 Å². The smallest absolute Gasteiger partial charge is 0.269 e. The van der Waals surface area contributed by atoms with Crippen LogP contribution in [-0.2, 0) is 16.4 Å². The van der Waals surface area contributed by atoms with Gasteiger partial charge in [0.05, 0.1) is 4.90 Å². The zero-order chi connectivity index (χ0) is 28.6. The maximum atomic E-state index is 13.9. The molecule has 1 aromatic heterocycles. The molecular weight excluding hydrogens is 548 g/mol. The van der Waals surface area contributed by atoms with Crippen LogP contribution in [0.3, 0.4) is 0 Å². The van der Waals surface area contributed by atoms with Gasteiger partial charge in [-0.1, -0.05) is 29.8 Å². The van der Waals surface area contributed by atoms with Gasteiger partial charge in [-0.2, -0.15) is 0 Å². The van der Waals surface area contributed by atoms with Crippen molar-refractivity contribution in [1.29, 1.82) is 0 Å². The number of amides is 2. The summed E-state index contributed by atoms with van der Waals surface area (Å²) < 4.78 is 27.9. The molecule has 0 spiro atoms. The van der Waals surface area contributed by atoms with Gasteiger partial charge in [0, 0.05) is 47.2 Å². The highest BCUT2D eigenvalue weighted by Crippen LogP contribution is 2.34.